The van der Waals surface area contributed by atoms with Gasteiger partial charge < -0.3 is 9.42 Å². The molecule has 1 aromatic heterocycles. The first-order valence-electron chi connectivity index (χ1n) is 10.6. The van der Waals surface area contributed by atoms with Gasteiger partial charge in [-0.3, -0.25) is 9.69 Å². The molecule has 0 unspecified atom stereocenters. The van der Waals surface area contributed by atoms with Crippen molar-refractivity contribution in [3.63, 3.8) is 0 Å². The second-order valence-corrected chi connectivity index (χ2v) is 8.67. The lowest BCUT2D eigenvalue weighted by Gasteiger charge is -2.39. The Morgan fingerprint density at radius 2 is 1.79 bits per heavy atom. The number of hydrogen-bond donors (Lipinski definition) is 0. The van der Waals surface area contributed by atoms with Crippen LogP contribution in [0.5, 0.6) is 0 Å². The second-order valence-electron chi connectivity index (χ2n) is 8.67. The third-order valence-corrected chi connectivity index (χ3v) is 6.40. The number of likely N-dealkylation sites (tertiary alicyclic amines) is 2. The minimum Gasteiger partial charge on any atom is -0.342 e. The zero-order chi connectivity index (χ0) is 18.9. The van der Waals surface area contributed by atoms with Crippen LogP contribution in [0.1, 0.15) is 54.8 Å². The molecule has 3 fully saturated rings. The van der Waals surface area contributed by atoms with Gasteiger partial charge in [-0.25, -0.2) is 0 Å². The highest BCUT2D eigenvalue weighted by molar-refractivity contribution is 5.78. The zero-order valence-electron chi connectivity index (χ0n) is 16.3. The molecule has 1 aromatic carbocycles. The van der Waals surface area contributed by atoms with E-state index in [9.17, 15) is 4.79 Å². The minimum atomic E-state index is 0.265. The van der Waals surface area contributed by atoms with E-state index in [1.165, 1.54) is 18.4 Å². The van der Waals surface area contributed by atoms with E-state index in [2.05, 4.69) is 45.4 Å². The second kappa shape index (κ2) is 7.66. The Morgan fingerprint density at radius 3 is 2.50 bits per heavy atom. The summed E-state index contributed by atoms with van der Waals surface area (Å²) in [6, 6.07) is 10.7. The van der Waals surface area contributed by atoms with Gasteiger partial charge in [0.2, 0.25) is 11.8 Å². The van der Waals surface area contributed by atoms with Gasteiger partial charge in [0.1, 0.15) is 0 Å². The van der Waals surface area contributed by atoms with Crippen LogP contribution in [0.4, 0.5) is 0 Å². The Bertz CT molecular complexity index is 803. The normalized spacial score (nSPS) is 21.6. The number of rotatable bonds is 6. The number of carbonyl (C=O) groups excluding carboxylic acids is 1. The summed E-state index contributed by atoms with van der Waals surface area (Å²) >= 11 is 0. The third-order valence-electron chi connectivity index (χ3n) is 6.40. The van der Waals surface area contributed by atoms with Crippen LogP contribution >= 0.6 is 0 Å². The van der Waals surface area contributed by atoms with E-state index in [0.29, 0.717) is 24.3 Å². The maximum Gasteiger partial charge on any atom is 0.236 e. The summed E-state index contributed by atoms with van der Waals surface area (Å²) in [5.74, 6) is 3.42. The third kappa shape index (κ3) is 3.97. The van der Waals surface area contributed by atoms with Crippen LogP contribution in [0, 0.1) is 5.92 Å². The van der Waals surface area contributed by atoms with Crippen molar-refractivity contribution in [1.82, 2.24) is 19.9 Å². The van der Waals surface area contributed by atoms with Gasteiger partial charge in [-0.1, -0.05) is 35.5 Å². The van der Waals surface area contributed by atoms with Gasteiger partial charge in [0.15, 0.2) is 5.82 Å². The summed E-state index contributed by atoms with van der Waals surface area (Å²) in [4.78, 5) is 21.4. The first-order chi connectivity index (χ1) is 13.7. The predicted molar refractivity (Wildman–Crippen MR) is 105 cm³/mol. The number of piperidine rings is 1. The topological polar surface area (TPSA) is 62.5 Å². The van der Waals surface area contributed by atoms with Crippen LogP contribution in [0.3, 0.4) is 0 Å². The Balaban J connectivity index is 1.04. The maximum absolute atomic E-state index is 12.6. The number of hydrogen-bond acceptors (Lipinski definition) is 5. The highest BCUT2D eigenvalue weighted by Gasteiger charge is 2.36. The summed E-state index contributed by atoms with van der Waals surface area (Å²) < 4.78 is 5.42. The SMILES string of the molecule is O=C(CN1CC(c2nc(C3CC3)no2)C1)N1CCC(Cc2ccccc2)CC1. The van der Waals surface area contributed by atoms with Crippen molar-refractivity contribution in [1.29, 1.82) is 0 Å². The molecule has 2 saturated heterocycles. The monoisotopic (exact) mass is 380 g/mol. The molecular weight excluding hydrogens is 352 g/mol. The summed E-state index contributed by atoms with van der Waals surface area (Å²) in [7, 11) is 0. The molecule has 2 aromatic rings. The van der Waals surface area contributed by atoms with Crippen LogP contribution in [0.2, 0.25) is 0 Å². The Hall–Kier alpha value is -2.21. The molecular formula is C22H28N4O2. The first kappa shape index (κ1) is 17.9. The van der Waals surface area contributed by atoms with Gasteiger partial charge in [0, 0.05) is 32.1 Å². The summed E-state index contributed by atoms with van der Waals surface area (Å²) in [5, 5.41) is 4.10. The lowest BCUT2D eigenvalue weighted by molar-refractivity contribution is -0.135. The lowest BCUT2D eigenvalue weighted by Crippen LogP contribution is -2.51. The molecule has 6 nitrogen and oxygen atoms in total. The first-order valence-corrected chi connectivity index (χ1v) is 10.6. The molecule has 5 rings (SSSR count). The maximum atomic E-state index is 12.6. The van der Waals surface area contributed by atoms with E-state index in [1.54, 1.807) is 0 Å². The number of nitrogens with zero attached hydrogens (tertiary/aromatic N) is 4. The summed E-state index contributed by atoms with van der Waals surface area (Å²) in [5.41, 5.74) is 1.41. The van der Waals surface area contributed by atoms with Crippen molar-refractivity contribution in [2.45, 2.75) is 43.9 Å². The van der Waals surface area contributed by atoms with E-state index < -0.39 is 0 Å². The number of amides is 1. The van der Waals surface area contributed by atoms with Gasteiger partial charge >= 0.3 is 0 Å². The van der Waals surface area contributed by atoms with Crippen molar-refractivity contribution in [2.75, 3.05) is 32.7 Å². The highest BCUT2D eigenvalue weighted by atomic mass is 16.5. The van der Waals surface area contributed by atoms with Crippen molar-refractivity contribution in [3.8, 4) is 0 Å². The van der Waals surface area contributed by atoms with Crippen molar-refractivity contribution in [2.24, 2.45) is 5.92 Å². The van der Waals surface area contributed by atoms with Crippen LogP contribution in [-0.4, -0.2) is 58.6 Å². The molecule has 148 valence electrons. The van der Waals surface area contributed by atoms with Gasteiger partial charge in [0.05, 0.1) is 12.5 Å². The van der Waals surface area contributed by atoms with Crippen LogP contribution in [0.15, 0.2) is 34.9 Å². The molecule has 0 bridgehead atoms. The van der Waals surface area contributed by atoms with Crippen LogP contribution in [-0.2, 0) is 11.2 Å². The zero-order valence-corrected chi connectivity index (χ0v) is 16.3. The molecule has 3 aliphatic rings. The molecule has 1 aliphatic carbocycles. The van der Waals surface area contributed by atoms with Crippen LogP contribution in [0.25, 0.3) is 0 Å². The van der Waals surface area contributed by atoms with Crippen LogP contribution < -0.4 is 0 Å². The Kier molecular flexibility index (Phi) is 4.89. The average molecular weight is 380 g/mol. The van der Waals surface area contributed by atoms with E-state index in [0.717, 1.165) is 57.2 Å². The Morgan fingerprint density at radius 1 is 1.04 bits per heavy atom. The fourth-order valence-corrected chi connectivity index (χ4v) is 4.40. The van der Waals surface area contributed by atoms with Gasteiger partial charge in [-0.15, -0.1) is 0 Å². The van der Waals surface area contributed by atoms with E-state index in [1.807, 2.05) is 4.90 Å². The summed E-state index contributed by atoms with van der Waals surface area (Å²) in [6.45, 7) is 4.00. The fraction of sp³-hybridized carbons (Fsp3) is 0.591. The molecule has 3 heterocycles. The summed E-state index contributed by atoms with van der Waals surface area (Å²) in [6.07, 6.45) is 5.71. The minimum absolute atomic E-state index is 0.265. The Labute approximate surface area is 165 Å². The molecule has 6 heteroatoms. The van der Waals surface area contributed by atoms with E-state index in [4.69, 9.17) is 4.52 Å². The van der Waals surface area contributed by atoms with E-state index in [-0.39, 0.29) is 5.91 Å². The standard InChI is InChI=1S/C22H28N4O2/c27-20(26-10-8-17(9-11-26)12-16-4-2-1-3-5-16)15-25-13-19(14-25)22-23-21(24-28-22)18-6-7-18/h1-5,17-19H,6-15H2. The quantitative estimate of drug-likeness (QED) is 0.771. The fourth-order valence-electron chi connectivity index (χ4n) is 4.40. The highest BCUT2D eigenvalue weighted by Crippen LogP contribution is 2.39. The lowest BCUT2D eigenvalue weighted by atomic mass is 9.90. The molecule has 0 radical (unpaired) electrons. The van der Waals surface area contributed by atoms with Crippen molar-refractivity contribution >= 4 is 5.91 Å². The molecule has 0 N–H and O–H groups in total. The molecule has 28 heavy (non-hydrogen) atoms. The van der Waals surface area contributed by atoms with Crippen molar-refractivity contribution in [3.05, 3.63) is 47.6 Å². The smallest absolute Gasteiger partial charge is 0.236 e. The predicted octanol–water partition coefficient (Wildman–Crippen LogP) is 2.83. The van der Waals surface area contributed by atoms with Gasteiger partial charge in [-0.2, -0.15) is 4.98 Å². The molecule has 2 aliphatic heterocycles. The van der Waals surface area contributed by atoms with Gasteiger partial charge in [0.25, 0.3) is 0 Å². The molecule has 0 spiro atoms. The largest absolute Gasteiger partial charge is 0.342 e. The molecule has 1 saturated carbocycles. The molecule has 0 atom stereocenters. The number of benzene rings is 1. The molecule has 1 amide bonds. The number of carbonyl (C=O) groups is 1. The number of aromatic nitrogens is 2. The van der Waals surface area contributed by atoms with E-state index >= 15 is 0 Å². The van der Waals surface area contributed by atoms with Crippen molar-refractivity contribution < 1.29 is 9.32 Å². The van der Waals surface area contributed by atoms with Gasteiger partial charge in [-0.05, 0) is 43.6 Å². The average Bonchev–Trinajstić information content (AvgIpc) is 3.43.